The van der Waals surface area contributed by atoms with Gasteiger partial charge >= 0.3 is 11.8 Å². The Balaban J connectivity index is 1.68. The van der Waals surface area contributed by atoms with Crippen molar-refractivity contribution in [3.05, 3.63) is 51.7 Å². The largest absolute Gasteiger partial charge is 0.360 e. The molecule has 0 spiro atoms. The van der Waals surface area contributed by atoms with Crippen molar-refractivity contribution in [1.82, 2.24) is 20.3 Å². The zero-order chi connectivity index (χ0) is 18.7. The van der Waals surface area contributed by atoms with Crippen molar-refractivity contribution in [3.8, 4) is 0 Å². The topological polar surface area (TPSA) is 102 Å². The second-order valence-corrected chi connectivity index (χ2v) is 6.87. The molecule has 0 aliphatic rings. The molecule has 0 aromatic carbocycles. The molecule has 3 aromatic rings. The summed E-state index contributed by atoms with van der Waals surface area (Å²) in [5.74, 6) is -0.788. The number of hydrogen-bond acceptors (Lipinski definition) is 6. The summed E-state index contributed by atoms with van der Waals surface area (Å²) in [6.07, 6.45) is 0. The number of carbonyl (C=O) groups is 2. The first kappa shape index (κ1) is 17.9. The highest BCUT2D eigenvalue weighted by Crippen LogP contribution is 2.24. The molecule has 1 unspecified atom stereocenters. The van der Waals surface area contributed by atoms with Gasteiger partial charge in [-0.2, -0.15) is 5.10 Å². The zero-order valence-electron chi connectivity index (χ0n) is 14.6. The van der Waals surface area contributed by atoms with Crippen LogP contribution in [0.2, 0.25) is 0 Å². The van der Waals surface area contributed by atoms with Gasteiger partial charge in [-0.1, -0.05) is 11.2 Å². The normalized spacial score (nSPS) is 12.0. The molecule has 0 saturated heterocycles. The first-order valence-corrected chi connectivity index (χ1v) is 8.90. The van der Waals surface area contributed by atoms with Crippen LogP contribution >= 0.6 is 11.3 Å². The quantitative estimate of drug-likeness (QED) is 0.668. The van der Waals surface area contributed by atoms with Crippen molar-refractivity contribution >= 4 is 29.0 Å². The van der Waals surface area contributed by atoms with Crippen molar-refractivity contribution in [3.63, 3.8) is 0 Å². The van der Waals surface area contributed by atoms with Crippen LogP contribution in [-0.4, -0.2) is 33.3 Å². The summed E-state index contributed by atoms with van der Waals surface area (Å²) in [6.45, 7) is 5.82. The molecule has 1 atom stereocenters. The molecule has 0 bridgehead atoms. The standard InChI is InChI=1S/C17H19N5O3S/c1-10-7-11(2)22(20-10)13(14-5-4-6-26-14)9-18-16(23)17(24)19-15-8-12(3)25-21-15/h4-8,13H,9H2,1-3H3,(H,18,23)(H,19,21,24). The van der Waals surface area contributed by atoms with E-state index in [1.54, 1.807) is 18.3 Å². The van der Waals surface area contributed by atoms with Crippen molar-refractivity contribution in [2.24, 2.45) is 0 Å². The Morgan fingerprint density at radius 3 is 2.65 bits per heavy atom. The molecule has 136 valence electrons. The third kappa shape index (κ3) is 3.99. The molecule has 0 aliphatic heterocycles. The lowest BCUT2D eigenvalue weighted by atomic mass is 10.2. The molecule has 3 aromatic heterocycles. The second-order valence-electron chi connectivity index (χ2n) is 5.89. The van der Waals surface area contributed by atoms with Gasteiger partial charge in [0.25, 0.3) is 0 Å². The average Bonchev–Trinajstić information content (AvgIpc) is 3.31. The molecule has 0 fully saturated rings. The number of aryl methyl sites for hydroxylation is 3. The van der Waals surface area contributed by atoms with E-state index in [1.165, 1.54) is 6.07 Å². The Morgan fingerprint density at radius 2 is 2.08 bits per heavy atom. The molecule has 0 radical (unpaired) electrons. The van der Waals surface area contributed by atoms with E-state index < -0.39 is 11.8 Å². The number of aromatic nitrogens is 3. The minimum Gasteiger partial charge on any atom is -0.360 e. The van der Waals surface area contributed by atoms with E-state index in [-0.39, 0.29) is 18.4 Å². The second kappa shape index (κ2) is 7.52. The summed E-state index contributed by atoms with van der Waals surface area (Å²) < 4.78 is 6.72. The minimum atomic E-state index is -0.795. The summed E-state index contributed by atoms with van der Waals surface area (Å²) in [5.41, 5.74) is 1.88. The maximum Gasteiger partial charge on any atom is 0.314 e. The summed E-state index contributed by atoms with van der Waals surface area (Å²) in [6, 6.07) is 7.25. The minimum absolute atomic E-state index is 0.185. The van der Waals surface area contributed by atoms with Gasteiger partial charge < -0.3 is 9.84 Å². The third-order valence-corrected chi connectivity index (χ3v) is 4.72. The van der Waals surface area contributed by atoms with Gasteiger partial charge in [-0.25, -0.2) is 0 Å². The van der Waals surface area contributed by atoms with Crippen molar-refractivity contribution in [2.75, 3.05) is 11.9 Å². The zero-order valence-corrected chi connectivity index (χ0v) is 15.5. The lowest BCUT2D eigenvalue weighted by Crippen LogP contribution is -2.39. The Morgan fingerprint density at radius 1 is 1.27 bits per heavy atom. The molecular weight excluding hydrogens is 354 g/mol. The van der Waals surface area contributed by atoms with Crippen molar-refractivity contribution in [1.29, 1.82) is 0 Å². The first-order chi connectivity index (χ1) is 12.4. The van der Waals surface area contributed by atoms with Crippen LogP contribution in [0.15, 0.2) is 34.2 Å². The van der Waals surface area contributed by atoms with Gasteiger partial charge in [0, 0.05) is 23.2 Å². The van der Waals surface area contributed by atoms with Crippen molar-refractivity contribution in [2.45, 2.75) is 26.8 Å². The fraction of sp³-hybridized carbons (Fsp3) is 0.294. The number of carbonyl (C=O) groups excluding carboxylic acids is 2. The summed E-state index contributed by atoms with van der Waals surface area (Å²) in [4.78, 5) is 25.2. The van der Waals surface area contributed by atoms with E-state index >= 15 is 0 Å². The van der Waals surface area contributed by atoms with E-state index in [9.17, 15) is 9.59 Å². The highest BCUT2D eigenvalue weighted by atomic mass is 32.1. The van der Waals surface area contributed by atoms with Crippen LogP contribution in [0, 0.1) is 20.8 Å². The number of nitrogens with one attached hydrogen (secondary N) is 2. The highest BCUT2D eigenvalue weighted by molar-refractivity contribution is 7.10. The summed E-state index contributed by atoms with van der Waals surface area (Å²) in [7, 11) is 0. The maximum absolute atomic E-state index is 12.1. The highest BCUT2D eigenvalue weighted by Gasteiger charge is 2.22. The smallest absolute Gasteiger partial charge is 0.314 e. The van der Waals surface area contributed by atoms with Crippen LogP contribution < -0.4 is 10.6 Å². The van der Waals surface area contributed by atoms with Gasteiger partial charge in [0.1, 0.15) is 11.8 Å². The summed E-state index contributed by atoms with van der Waals surface area (Å²) >= 11 is 1.57. The third-order valence-electron chi connectivity index (χ3n) is 3.74. The number of amides is 2. The molecule has 2 N–H and O–H groups in total. The van der Waals surface area contributed by atoms with Gasteiger partial charge in [0.2, 0.25) is 0 Å². The van der Waals surface area contributed by atoms with Crippen LogP contribution in [0.1, 0.15) is 28.1 Å². The first-order valence-electron chi connectivity index (χ1n) is 8.02. The number of anilines is 1. The molecule has 0 aliphatic carbocycles. The van der Waals surface area contributed by atoms with Crippen molar-refractivity contribution < 1.29 is 14.1 Å². The molecule has 26 heavy (non-hydrogen) atoms. The predicted molar refractivity (Wildman–Crippen MR) is 97.0 cm³/mol. The van der Waals surface area contributed by atoms with Crippen LogP contribution in [0.4, 0.5) is 5.82 Å². The lowest BCUT2D eigenvalue weighted by Gasteiger charge is -2.18. The van der Waals surface area contributed by atoms with Gasteiger partial charge in [0.15, 0.2) is 5.82 Å². The monoisotopic (exact) mass is 373 g/mol. The van der Waals surface area contributed by atoms with Crippen LogP contribution in [0.5, 0.6) is 0 Å². The molecular formula is C17H19N5O3S. The SMILES string of the molecule is Cc1cc(C)n(C(CNC(=O)C(=O)Nc2cc(C)on2)c2cccs2)n1. The molecule has 2 amide bonds. The fourth-order valence-electron chi connectivity index (χ4n) is 2.62. The Labute approximate surface area is 154 Å². The van der Waals surface area contributed by atoms with E-state index in [1.807, 2.05) is 42.1 Å². The van der Waals surface area contributed by atoms with E-state index in [2.05, 4.69) is 20.9 Å². The maximum atomic E-state index is 12.1. The van der Waals surface area contributed by atoms with Gasteiger partial charge in [-0.3, -0.25) is 19.6 Å². The number of thiophene rings is 1. The molecule has 3 rings (SSSR count). The number of rotatable bonds is 5. The number of nitrogens with zero attached hydrogens (tertiary/aromatic N) is 3. The Kier molecular flexibility index (Phi) is 5.17. The van der Waals surface area contributed by atoms with Crippen LogP contribution in [0.25, 0.3) is 0 Å². The van der Waals surface area contributed by atoms with E-state index in [4.69, 9.17) is 4.52 Å². The van der Waals surface area contributed by atoms with Crippen LogP contribution in [0.3, 0.4) is 0 Å². The molecule has 0 saturated carbocycles. The number of hydrogen-bond donors (Lipinski definition) is 2. The Hall–Kier alpha value is -2.94. The van der Waals surface area contributed by atoms with Gasteiger partial charge in [-0.05, 0) is 38.3 Å². The molecule has 9 heteroatoms. The van der Waals surface area contributed by atoms with Crippen LogP contribution in [-0.2, 0) is 9.59 Å². The average molecular weight is 373 g/mol. The van der Waals surface area contributed by atoms with E-state index in [0.29, 0.717) is 5.76 Å². The molecule has 3 heterocycles. The van der Waals surface area contributed by atoms with Gasteiger partial charge in [-0.15, -0.1) is 11.3 Å². The summed E-state index contributed by atoms with van der Waals surface area (Å²) in [5, 5.41) is 15.2. The fourth-order valence-corrected chi connectivity index (χ4v) is 3.43. The van der Waals surface area contributed by atoms with E-state index in [0.717, 1.165) is 16.3 Å². The molecule has 8 nitrogen and oxygen atoms in total. The van der Waals surface area contributed by atoms with Gasteiger partial charge in [0.05, 0.1) is 5.69 Å². The predicted octanol–water partition coefficient (Wildman–Crippen LogP) is 2.20. The lowest BCUT2D eigenvalue weighted by molar-refractivity contribution is -0.136. The Bertz CT molecular complexity index is 913.